The number of benzene rings is 1. The number of piperazine rings is 1. The van der Waals surface area contributed by atoms with Crippen LogP contribution in [0, 0.1) is 0 Å². The van der Waals surface area contributed by atoms with Gasteiger partial charge >= 0.3 is 0 Å². The van der Waals surface area contributed by atoms with Gasteiger partial charge in [-0.2, -0.15) is 0 Å². The van der Waals surface area contributed by atoms with E-state index in [1.807, 2.05) is 17.0 Å². The fourth-order valence-corrected chi connectivity index (χ4v) is 4.99. The van der Waals surface area contributed by atoms with Crippen molar-refractivity contribution in [2.45, 2.75) is 6.54 Å². The Kier molecular flexibility index (Phi) is 5.97. The SMILES string of the molecule is COc1ccc(-c2nc(CN3CCN(CN4CCSC4=O)CC3)cs2)cc1. The summed E-state index contributed by atoms with van der Waals surface area (Å²) >= 11 is 3.13. The molecule has 2 fully saturated rings. The molecule has 8 heteroatoms. The van der Waals surface area contributed by atoms with Gasteiger partial charge in [-0.1, -0.05) is 11.8 Å². The molecule has 1 aromatic carbocycles. The molecule has 2 aromatic rings. The normalized spacial score (nSPS) is 19.0. The van der Waals surface area contributed by atoms with Crippen LogP contribution in [0.4, 0.5) is 4.79 Å². The van der Waals surface area contributed by atoms with Crippen LogP contribution in [-0.2, 0) is 6.54 Å². The molecule has 0 spiro atoms. The first-order valence-corrected chi connectivity index (χ1v) is 11.0. The number of carbonyl (C=O) groups excluding carboxylic acids is 1. The number of ether oxygens (including phenoxy) is 1. The summed E-state index contributed by atoms with van der Waals surface area (Å²) in [7, 11) is 1.68. The van der Waals surface area contributed by atoms with Gasteiger partial charge in [-0.3, -0.25) is 14.6 Å². The van der Waals surface area contributed by atoms with E-state index in [0.29, 0.717) is 0 Å². The van der Waals surface area contributed by atoms with Gasteiger partial charge in [-0.15, -0.1) is 11.3 Å². The summed E-state index contributed by atoms with van der Waals surface area (Å²) < 4.78 is 5.22. The zero-order chi connectivity index (χ0) is 18.6. The second-order valence-corrected chi connectivity index (χ2v) is 8.69. The molecule has 2 aliphatic heterocycles. The van der Waals surface area contributed by atoms with Gasteiger partial charge in [-0.05, 0) is 24.3 Å². The minimum absolute atomic E-state index is 0.228. The summed E-state index contributed by atoms with van der Waals surface area (Å²) in [6.07, 6.45) is 0. The van der Waals surface area contributed by atoms with Crippen LogP contribution in [0.2, 0.25) is 0 Å². The summed E-state index contributed by atoms with van der Waals surface area (Å²) in [6.45, 7) is 6.59. The molecule has 0 aliphatic carbocycles. The molecule has 0 saturated carbocycles. The van der Waals surface area contributed by atoms with Crippen molar-refractivity contribution in [1.29, 1.82) is 0 Å². The molecule has 2 saturated heterocycles. The number of amides is 1. The third-order valence-electron chi connectivity index (χ3n) is 4.95. The van der Waals surface area contributed by atoms with Crippen LogP contribution in [0.25, 0.3) is 10.6 Å². The first-order valence-electron chi connectivity index (χ1n) is 9.16. The predicted molar refractivity (Wildman–Crippen MR) is 110 cm³/mol. The Bertz CT molecular complexity index is 772. The number of rotatable bonds is 6. The molecule has 144 valence electrons. The lowest BCUT2D eigenvalue weighted by Gasteiger charge is -2.36. The van der Waals surface area contributed by atoms with Crippen molar-refractivity contribution in [3.05, 3.63) is 35.3 Å². The highest BCUT2D eigenvalue weighted by Crippen LogP contribution is 2.26. The van der Waals surface area contributed by atoms with Gasteiger partial charge in [0.15, 0.2) is 0 Å². The molecule has 0 unspecified atom stereocenters. The van der Waals surface area contributed by atoms with E-state index in [0.717, 1.165) is 73.7 Å². The van der Waals surface area contributed by atoms with E-state index in [-0.39, 0.29) is 5.24 Å². The number of aromatic nitrogens is 1. The van der Waals surface area contributed by atoms with Crippen molar-refractivity contribution in [1.82, 2.24) is 19.7 Å². The minimum Gasteiger partial charge on any atom is -0.497 e. The van der Waals surface area contributed by atoms with Gasteiger partial charge < -0.3 is 9.64 Å². The van der Waals surface area contributed by atoms with Gasteiger partial charge in [0.05, 0.1) is 19.5 Å². The highest BCUT2D eigenvalue weighted by molar-refractivity contribution is 8.13. The minimum atomic E-state index is 0.228. The van der Waals surface area contributed by atoms with Crippen molar-refractivity contribution >= 4 is 28.3 Å². The number of hydrogen-bond donors (Lipinski definition) is 0. The smallest absolute Gasteiger partial charge is 0.282 e. The fraction of sp³-hybridized carbons (Fsp3) is 0.474. The molecule has 3 heterocycles. The van der Waals surface area contributed by atoms with E-state index in [1.165, 1.54) is 11.8 Å². The number of thiazole rings is 1. The van der Waals surface area contributed by atoms with E-state index in [1.54, 1.807) is 18.4 Å². The molecule has 4 rings (SSSR count). The standard InChI is InChI=1S/C19H24N4O2S2/c1-25-17-4-2-15(3-5-17)18-20-16(13-27-18)12-21-6-8-22(9-7-21)14-23-10-11-26-19(23)24/h2-5,13H,6-12,14H2,1H3. The first kappa shape index (κ1) is 18.7. The Morgan fingerprint density at radius 2 is 1.81 bits per heavy atom. The second-order valence-electron chi connectivity index (χ2n) is 6.79. The highest BCUT2D eigenvalue weighted by atomic mass is 32.2. The van der Waals surface area contributed by atoms with Gasteiger partial charge in [-0.25, -0.2) is 4.98 Å². The molecule has 1 aromatic heterocycles. The Morgan fingerprint density at radius 3 is 2.48 bits per heavy atom. The van der Waals surface area contributed by atoms with Crippen molar-refractivity contribution < 1.29 is 9.53 Å². The average Bonchev–Trinajstić information content (AvgIpc) is 3.33. The van der Waals surface area contributed by atoms with Crippen LogP contribution in [0.5, 0.6) is 5.75 Å². The molecular formula is C19H24N4O2S2. The molecule has 0 bridgehead atoms. The predicted octanol–water partition coefficient (Wildman–Crippen LogP) is 3.06. The monoisotopic (exact) mass is 404 g/mol. The highest BCUT2D eigenvalue weighted by Gasteiger charge is 2.25. The van der Waals surface area contributed by atoms with E-state index in [9.17, 15) is 4.79 Å². The lowest BCUT2D eigenvalue weighted by atomic mass is 10.2. The van der Waals surface area contributed by atoms with Crippen LogP contribution in [0.15, 0.2) is 29.6 Å². The molecule has 27 heavy (non-hydrogen) atoms. The van der Waals surface area contributed by atoms with Crippen molar-refractivity contribution in [2.75, 3.05) is 52.3 Å². The zero-order valence-corrected chi connectivity index (χ0v) is 17.1. The van der Waals surface area contributed by atoms with E-state index < -0.39 is 0 Å². The Labute approximate surface area is 168 Å². The molecule has 0 radical (unpaired) electrons. The summed E-state index contributed by atoms with van der Waals surface area (Å²) in [5.74, 6) is 1.79. The zero-order valence-electron chi connectivity index (χ0n) is 15.5. The number of methoxy groups -OCH3 is 1. The Hall–Kier alpha value is -1.61. The third kappa shape index (κ3) is 4.63. The second kappa shape index (κ2) is 8.60. The van der Waals surface area contributed by atoms with Crippen LogP contribution in [0.3, 0.4) is 0 Å². The van der Waals surface area contributed by atoms with Crippen molar-refractivity contribution in [3.63, 3.8) is 0 Å². The van der Waals surface area contributed by atoms with Gasteiger partial charge in [0, 0.05) is 56.0 Å². The van der Waals surface area contributed by atoms with Crippen LogP contribution in [-0.4, -0.2) is 77.2 Å². The molecular weight excluding hydrogens is 380 g/mol. The van der Waals surface area contributed by atoms with Gasteiger partial charge in [0.25, 0.3) is 5.24 Å². The first-order chi connectivity index (χ1) is 13.2. The van der Waals surface area contributed by atoms with Crippen LogP contribution >= 0.6 is 23.1 Å². The largest absolute Gasteiger partial charge is 0.497 e. The lowest BCUT2D eigenvalue weighted by molar-refractivity contribution is 0.0899. The maximum absolute atomic E-state index is 11.7. The van der Waals surface area contributed by atoms with E-state index in [4.69, 9.17) is 9.72 Å². The quantitative estimate of drug-likeness (QED) is 0.738. The fourth-order valence-electron chi connectivity index (χ4n) is 3.36. The van der Waals surface area contributed by atoms with Crippen LogP contribution in [0.1, 0.15) is 5.69 Å². The number of thioether (sulfide) groups is 1. The average molecular weight is 405 g/mol. The van der Waals surface area contributed by atoms with Gasteiger partial charge in [0.2, 0.25) is 0 Å². The number of hydrogen-bond acceptors (Lipinski definition) is 7. The summed E-state index contributed by atoms with van der Waals surface area (Å²) in [6, 6.07) is 8.05. The van der Waals surface area contributed by atoms with Crippen molar-refractivity contribution in [3.8, 4) is 16.3 Å². The van der Waals surface area contributed by atoms with Crippen molar-refractivity contribution in [2.24, 2.45) is 0 Å². The Morgan fingerprint density at radius 1 is 1.07 bits per heavy atom. The summed E-state index contributed by atoms with van der Waals surface area (Å²) in [5, 5.41) is 3.44. The van der Waals surface area contributed by atoms with E-state index >= 15 is 0 Å². The Balaban J connectivity index is 1.28. The molecule has 0 atom stereocenters. The maximum atomic E-state index is 11.7. The molecule has 0 N–H and O–H groups in total. The maximum Gasteiger partial charge on any atom is 0.282 e. The molecule has 6 nitrogen and oxygen atoms in total. The van der Waals surface area contributed by atoms with E-state index in [2.05, 4.69) is 27.3 Å². The molecule has 2 aliphatic rings. The summed E-state index contributed by atoms with van der Waals surface area (Å²) in [4.78, 5) is 23.3. The molecule has 1 amide bonds. The third-order valence-corrected chi connectivity index (χ3v) is 6.79. The van der Waals surface area contributed by atoms with Gasteiger partial charge in [0.1, 0.15) is 10.8 Å². The lowest BCUT2D eigenvalue weighted by Crippen LogP contribution is -2.49. The topological polar surface area (TPSA) is 48.9 Å². The number of nitrogens with zero attached hydrogens (tertiary/aromatic N) is 4. The summed E-state index contributed by atoms with van der Waals surface area (Å²) in [5.41, 5.74) is 2.26. The number of carbonyl (C=O) groups is 1. The van der Waals surface area contributed by atoms with Crippen LogP contribution < -0.4 is 4.74 Å².